The molecule has 0 fully saturated rings. The molecule has 0 aliphatic carbocycles. The first-order valence-electron chi connectivity index (χ1n) is 9.42. The topological polar surface area (TPSA) is 34.1 Å². The van der Waals surface area contributed by atoms with E-state index in [-0.39, 0.29) is 0 Å². The van der Waals surface area contributed by atoms with Crippen molar-refractivity contribution in [2.45, 2.75) is 44.9 Å². The molecule has 0 aliphatic rings. The van der Waals surface area contributed by atoms with Crippen LogP contribution < -0.4 is 0 Å². The zero-order valence-electron chi connectivity index (χ0n) is 17.3. The van der Waals surface area contributed by atoms with Gasteiger partial charge in [-0.15, -0.1) is 0 Å². The quantitative estimate of drug-likeness (QED) is 0.334. The number of quaternary nitrogens is 2. The molecule has 0 aromatic carbocycles. The summed E-state index contributed by atoms with van der Waals surface area (Å²) < 4.78 is 1.82. The third kappa shape index (κ3) is 20.1. The molecule has 0 aromatic heterocycles. The number of rotatable bonds is 14. The minimum Gasteiger partial charge on any atom is -0.330 e. The van der Waals surface area contributed by atoms with E-state index in [1.807, 2.05) is 0 Å². The maximum Gasteiger partial charge on any atom is 0.189 e. The molecular formula is C19H40N2O2S2+2. The number of carbonyl (C=O) groups excluding carboxylic acids is 2. The molecule has 0 bridgehead atoms. The molecule has 0 saturated heterocycles. The van der Waals surface area contributed by atoms with Crippen molar-refractivity contribution in [3.05, 3.63) is 0 Å². The fourth-order valence-corrected chi connectivity index (χ4v) is 4.39. The zero-order chi connectivity index (χ0) is 19.3. The number of hydrogen-bond acceptors (Lipinski definition) is 4. The van der Waals surface area contributed by atoms with E-state index in [0.29, 0.717) is 23.1 Å². The molecule has 0 rings (SSSR count). The van der Waals surface area contributed by atoms with E-state index < -0.39 is 0 Å². The van der Waals surface area contributed by atoms with Gasteiger partial charge in [-0.05, 0) is 12.8 Å². The molecule has 148 valence electrons. The van der Waals surface area contributed by atoms with Crippen LogP contribution in [0.5, 0.6) is 0 Å². The molecular weight excluding hydrogens is 352 g/mol. The Kier molecular flexibility index (Phi) is 13.2. The van der Waals surface area contributed by atoms with Crippen LogP contribution in [0.3, 0.4) is 0 Å². The van der Waals surface area contributed by atoms with E-state index in [0.717, 1.165) is 65.7 Å². The molecule has 25 heavy (non-hydrogen) atoms. The summed E-state index contributed by atoms with van der Waals surface area (Å²) in [7, 11) is 12.9. The van der Waals surface area contributed by atoms with Crippen molar-refractivity contribution in [1.82, 2.24) is 0 Å². The van der Waals surface area contributed by atoms with Crippen molar-refractivity contribution < 1.29 is 18.6 Å². The van der Waals surface area contributed by atoms with Crippen LogP contribution >= 0.6 is 23.5 Å². The highest BCUT2D eigenvalue weighted by molar-refractivity contribution is 8.13. The maximum absolute atomic E-state index is 11.8. The second kappa shape index (κ2) is 13.2. The minimum atomic E-state index is 0.331. The fourth-order valence-electron chi connectivity index (χ4n) is 2.08. The lowest BCUT2D eigenvalue weighted by Gasteiger charge is -2.23. The summed E-state index contributed by atoms with van der Waals surface area (Å²) in [5.74, 6) is 1.83. The summed E-state index contributed by atoms with van der Waals surface area (Å²) in [6.07, 6.45) is 6.71. The van der Waals surface area contributed by atoms with E-state index in [9.17, 15) is 9.59 Å². The fraction of sp³-hybridized carbons (Fsp3) is 0.895. The van der Waals surface area contributed by atoms with Gasteiger partial charge < -0.3 is 8.97 Å². The van der Waals surface area contributed by atoms with Gasteiger partial charge in [-0.25, -0.2) is 0 Å². The molecule has 0 spiro atoms. The maximum atomic E-state index is 11.8. The molecule has 0 unspecified atom stereocenters. The molecule has 0 radical (unpaired) electrons. The Morgan fingerprint density at radius 2 is 0.920 bits per heavy atom. The summed E-state index contributed by atoms with van der Waals surface area (Å²) >= 11 is 2.96. The highest BCUT2D eigenvalue weighted by Gasteiger charge is 2.10. The van der Waals surface area contributed by atoms with Crippen molar-refractivity contribution in [3.63, 3.8) is 0 Å². The predicted octanol–water partition coefficient (Wildman–Crippen LogP) is 3.65. The molecule has 0 atom stereocenters. The highest BCUT2D eigenvalue weighted by atomic mass is 32.2. The Balaban J connectivity index is 3.43. The molecule has 6 heteroatoms. The first kappa shape index (κ1) is 25.0. The van der Waals surface area contributed by atoms with Gasteiger partial charge in [0.1, 0.15) is 0 Å². The van der Waals surface area contributed by atoms with Crippen LogP contribution in [0.15, 0.2) is 0 Å². The van der Waals surface area contributed by atoms with Crippen LogP contribution in [0.25, 0.3) is 0 Å². The van der Waals surface area contributed by atoms with Crippen LogP contribution in [0, 0.1) is 0 Å². The monoisotopic (exact) mass is 392 g/mol. The Labute approximate surface area is 164 Å². The van der Waals surface area contributed by atoms with Crippen molar-refractivity contribution in [1.29, 1.82) is 0 Å². The smallest absolute Gasteiger partial charge is 0.189 e. The standard InChI is InChI=1S/C19H40N2O2S2/c1-20(2,3)14-16-24-18(22)12-10-8-7-9-11-13-19(23)25-17-15-21(4,5)6/h7-17H2,1-6H3/q+2. The van der Waals surface area contributed by atoms with Crippen LogP contribution in [0.2, 0.25) is 0 Å². The first-order chi connectivity index (χ1) is 11.5. The molecule has 0 aromatic rings. The van der Waals surface area contributed by atoms with Gasteiger partial charge in [0.15, 0.2) is 10.2 Å². The minimum absolute atomic E-state index is 0.331. The molecule has 0 aliphatic heterocycles. The summed E-state index contributed by atoms with van der Waals surface area (Å²) in [6, 6.07) is 0. The summed E-state index contributed by atoms with van der Waals surface area (Å²) in [5, 5.41) is 0.662. The average Bonchev–Trinajstić information content (AvgIpc) is 2.43. The van der Waals surface area contributed by atoms with Crippen molar-refractivity contribution in [3.8, 4) is 0 Å². The van der Waals surface area contributed by atoms with E-state index in [2.05, 4.69) is 42.3 Å². The van der Waals surface area contributed by atoms with Gasteiger partial charge in [-0.3, -0.25) is 9.59 Å². The van der Waals surface area contributed by atoms with Gasteiger partial charge in [-0.1, -0.05) is 42.8 Å². The number of unbranched alkanes of at least 4 members (excludes halogenated alkanes) is 4. The lowest BCUT2D eigenvalue weighted by molar-refractivity contribution is -0.867. The van der Waals surface area contributed by atoms with E-state index in [1.54, 1.807) is 0 Å². The number of nitrogens with zero attached hydrogens (tertiary/aromatic N) is 2. The summed E-state index contributed by atoms with van der Waals surface area (Å²) in [5.41, 5.74) is 0. The molecule has 0 amide bonds. The van der Waals surface area contributed by atoms with E-state index in [4.69, 9.17) is 0 Å². The molecule has 4 nitrogen and oxygen atoms in total. The second-order valence-corrected chi connectivity index (χ2v) is 11.0. The number of hydrogen-bond donors (Lipinski definition) is 0. The van der Waals surface area contributed by atoms with Crippen molar-refractivity contribution in [2.24, 2.45) is 0 Å². The normalized spacial score (nSPS) is 12.4. The SMILES string of the molecule is C[N+](C)(C)CCSC(=O)CCCCCCCC(=O)SCC[N+](C)(C)C. The predicted molar refractivity (Wildman–Crippen MR) is 113 cm³/mol. The molecule has 0 saturated carbocycles. The van der Waals surface area contributed by atoms with Gasteiger partial charge in [0.2, 0.25) is 0 Å². The third-order valence-electron chi connectivity index (χ3n) is 3.81. The lowest BCUT2D eigenvalue weighted by Crippen LogP contribution is -2.36. The third-order valence-corrected chi connectivity index (χ3v) is 5.64. The van der Waals surface area contributed by atoms with Gasteiger partial charge in [0.05, 0.1) is 66.9 Å². The van der Waals surface area contributed by atoms with Gasteiger partial charge >= 0.3 is 0 Å². The van der Waals surface area contributed by atoms with Crippen LogP contribution in [-0.4, -0.2) is 86.1 Å². The first-order valence-corrected chi connectivity index (χ1v) is 11.4. The number of carbonyl (C=O) groups is 2. The summed E-state index contributed by atoms with van der Waals surface area (Å²) in [6.45, 7) is 2.05. The van der Waals surface area contributed by atoms with Crippen molar-refractivity contribution in [2.75, 3.05) is 66.9 Å². The van der Waals surface area contributed by atoms with Gasteiger partial charge in [0, 0.05) is 12.8 Å². The Morgan fingerprint density at radius 3 is 1.24 bits per heavy atom. The van der Waals surface area contributed by atoms with E-state index >= 15 is 0 Å². The van der Waals surface area contributed by atoms with Gasteiger partial charge in [0.25, 0.3) is 0 Å². The lowest BCUT2D eigenvalue weighted by atomic mass is 10.1. The van der Waals surface area contributed by atoms with Crippen LogP contribution in [-0.2, 0) is 9.59 Å². The molecule has 0 N–H and O–H groups in total. The molecule has 0 heterocycles. The summed E-state index contributed by atoms with van der Waals surface area (Å²) in [4.78, 5) is 23.6. The largest absolute Gasteiger partial charge is 0.330 e. The Bertz CT molecular complexity index is 352. The van der Waals surface area contributed by atoms with Crippen molar-refractivity contribution >= 4 is 33.8 Å². The zero-order valence-corrected chi connectivity index (χ0v) is 18.9. The van der Waals surface area contributed by atoms with Crippen LogP contribution in [0.4, 0.5) is 0 Å². The van der Waals surface area contributed by atoms with E-state index in [1.165, 1.54) is 23.5 Å². The number of thioether (sulfide) groups is 2. The average molecular weight is 393 g/mol. The van der Waals surface area contributed by atoms with Crippen LogP contribution in [0.1, 0.15) is 44.9 Å². The highest BCUT2D eigenvalue weighted by Crippen LogP contribution is 2.15. The van der Waals surface area contributed by atoms with Gasteiger partial charge in [-0.2, -0.15) is 0 Å². The Morgan fingerprint density at radius 1 is 0.600 bits per heavy atom. The Hall–Kier alpha value is -0.0400. The second-order valence-electron chi connectivity index (χ2n) is 8.74.